The van der Waals surface area contributed by atoms with Crippen LogP contribution in [0.3, 0.4) is 0 Å². The van der Waals surface area contributed by atoms with E-state index in [4.69, 9.17) is 11.6 Å². The summed E-state index contributed by atoms with van der Waals surface area (Å²) in [5.74, 6) is 2.14. The normalized spacial score (nSPS) is 14.4. The van der Waals surface area contributed by atoms with E-state index in [0.717, 1.165) is 17.3 Å². The zero-order chi connectivity index (χ0) is 14.3. The molecule has 1 aliphatic rings. The van der Waals surface area contributed by atoms with Crippen molar-refractivity contribution >= 4 is 23.1 Å². The molecule has 3 rings (SSSR count). The molecule has 1 fully saturated rings. The molecule has 0 atom stereocenters. The van der Waals surface area contributed by atoms with Gasteiger partial charge in [0, 0.05) is 17.7 Å². The second-order valence-corrected chi connectivity index (χ2v) is 5.99. The Morgan fingerprint density at radius 1 is 1.05 bits per heavy atom. The minimum absolute atomic E-state index is 0.495. The minimum atomic E-state index is 0.495. The van der Waals surface area contributed by atoms with Gasteiger partial charge in [-0.05, 0) is 44.7 Å². The highest BCUT2D eigenvalue weighted by atomic mass is 35.5. The summed E-state index contributed by atoms with van der Waals surface area (Å²) in [7, 11) is 0. The number of rotatable bonds is 3. The molecule has 1 heterocycles. The molecule has 2 aromatic rings. The van der Waals surface area contributed by atoms with Crippen LogP contribution in [0.25, 0.3) is 0 Å². The summed E-state index contributed by atoms with van der Waals surface area (Å²) >= 11 is 6.10. The zero-order valence-electron chi connectivity index (χ0n) is 12.0. The molecule has 0 unspecified atom stereocenters. The van der Waals surface area contributed by atoms with Crippen molar-refractivity contribution < 1.29 is 0 Å². The molecule has 20 heavy (non-hydrogen) atoms. The first kappa shape index (κ1) is 13.4. The number of aryl methyl sites for hydroxylation is 3. The molecule has 1 aromatic carbocycles. The highest BCUT2D eigenvalue weighted by molar-refractivity contribution is 6.29. The summed E-state index contributed by atoms with van der Waals surface area (Å²) in [6.07, 6.45) is 2.34. The molecular formula is C16H18ClN3. The van der Waals surface area contributed by atoms with Gasteiger partial charge in [-0.25, -0.2) is 9.97 Å². The van der Waals surface area contributed by atoms with E-state index < -0.39 is 0 Å². The molecule has 0 radical (unpaired) electrons. The van der Waals surface area contributed by atoms with Crippen LogP contribution in [0.15, 0.2) is 18.2 Å². The van der Waals surface area contributed by atoms with E-state index in [0.29, 0.717) is 11.1 Å². The van der Waals surface area contributed by atoms with Gasteiger partial charge in [0.1, 0.15) is 16.8 Å². The third-order valence-electron chi connectivity index (χ3n) is 3.58. The summed E-state index contributed by atoms with van der Waals surface area (Å²) in [5, 5.41) is 3.90. The van der Waals surface area contributed by atoms with Gasteiger partial charge in [-0.3, -0.25) is 0 Å². The highest BCUT2D eigenvalue weighted by Crippen LogP contribution is 2.39. The maximum atomic E-state index is 6.10. The van der Waals surface area contributed by atoms with Crippen LogP contribution < -0.4 is 5.32 Å². The summed E-state index contributed by atoms with van der Waals surface area (Å²) in [5.41, 5.74) is 4.80. The SMILES string of the molecule is Cc1cc(C)c(Nc2cc(Cl)nc(C3CC3)n2)c(C)c1. The molecule has 4 heteroatoms. The fraction of sp³-hybridized carbons (Fsp3) is 0.375. The van der Waals surface area contributed by atoms with Gasteiger partial charge in [-0.1, -0.05) is 29.3 Å². The average molecular weight is 288 g/mol. The summed E-state index contributed by atoms with van der Waals surface area (Å²) in [6.45, 7) is 6.32. The Morgan fingerprint density at radius 3 is 2.30 bits per heavy atom. The van der Waals surface area contributed by atoms with Crippen LogP contribution in [-0.2, 0) is 0 Å². The van der Waals surface area contributed by atoms with Gasteiger partial charge in [0.25, 0.3) is 0 Å². The van der Waals surface area contributed by atoms with Crippen molar-refractivity contribution in [2.24, 2.45) is 0 Å². The number of halogens is 1. The molecule has 1 saturated carbocycles. The predicted octanol–water partition coefficient (Wildman–Crippen LogP) is 4.68. The fourth-order valence-electron chi connectivity index (χ4n) is 2.53. The number of nitrogens with zero attached hydrogens (tertiary/aromatic N) is 2. The van der Waals surface area contributed by atoms with Crippen molar-refractivity contribution in [3.8, 4) is 0 Å². The van der Waals surface area contributed by atoms with E-state index in [9.17, 15) is 0 Å². The second kappa shape index (κ2) is 5.06. The monoisotopic (exact) mass is 287 g/mol. The maximum Gasteiger partial charge on any atom is 0.135 e. The third-order valence-corrected chi connectivity index (χ3v) is 3.78. The maximum absolute atomic E-state index is 6.10. The van der Waals surface area contributed by atoms with Gasteiger partial charge in [-0.2, -0.15) is 0 Å². The quantitative estimate of drug-likeness (QED) is 0.833. The Labute approximate surface area is 124 Å². The Balaban J connectivity index is 1.95. The number of nitrogens with one attached hydrogen (secondary N) is 1. The zero-order valence-corrected chi connectivity index (χ0v) is 12.8. The average Bonchev–Trinajstić information content (AvgIpc) is 3.17. The molecule has 0 aliphatic heterocycles. The predicted molar refractivity (Wildman–Crippen MR) is 83.0 cm³/mol. The van der Waals surface area contributed by atoms with E-state index in [1.165, 1.54) is 29.5 Å². The largest absolute Gasteiger partial charge is 0.340 e. The molecule has 1 aromatic heterocycles. The van der Waals surface area contributed by atoms with Gasteiger partial charge < -0.3 is 5.32 Å². The molecule has 1 aliphatic carbocycles. The van der Waals surface area contributed by atoms with Crippen LogP contribution in [0.4, 0.5) is 11.5 Å². The number of hydrogen-bond acceptors (Lipinski definition) is 3. The van der Waals surface area contributed by atoms with Gasteiger partial charge in [0.05, 0.1) is 0 Å². The molecule has 0 spiro atoms. The highest BCUT2D eigenvalue weighted by Gasteiger charge is 2.27. The van der Waals surface area contributed by atoms with Crippen LogP contribution in [0.2, 0.25) is 5.15 Å². The van der Waals surface area contributed by atoms with Gasteiger partial charge in [0.15, 0.2) is 0 Å². The van der Waals surface area contributed by atoms with Crippen molar-refractivity contribution in [2.45, 2.75) is 39.5 Å². The molecule has 104 valence electrons. The molecule has 0 bridgehead atoms. The number of hydrogen-bond donors (Lipinski definition) is 1. The van der Waals surface area contributed by atoms with Crippen molar-refractivity contribution in [1.29, 1.82) is 0 Å². The molecule has 1 N–H and O–H groups in total. The van der Waals surface area contributed by atoms with Crippen molar-refractivity contribution in [1.82, 2.24) is 9.97 Å². The van der Waals surface area contributed by atoms with Gasteiger partial charge in [0.2, 0.25) is 0 Å². The number of anilines is 2. The van der Waals surface area contributed by atoms with Crippen LogP contribution >= 0.6 is 11.6 Å². The summed E-state index contributed by atoms with van der Waals surface area (Å²) in [6, 6.07) is 6.12. The molecule has 0 saturated heterocycles. The first-order valence-electron chi connectivity index (χ1n) is 6.92. The lowest BCUT2D eigenvalue weighted by molar-refractivity contribution is 0.930. The second-order valence-electron chi connectivity index (χ2n) is 5.61. The first-order valence-corrected chi connectivity index (χ1v) is 7.30. The van der Waals surface area contributed by atoms with Gasteiger partial charge in [-0.15, -0.1) is 0 Å². The topological polar surface area (TPSA) is 37.8 Å². The fourth-order valence-corrected chi connectivity index (χ4v) is 2.72. The minimum Gasteiger partial charge on any atom is -0.340 e. The molecule has 0 amide bonds. The Hall–Kier alpha value is -1.61. The van der Waals surface area contributed by atoms with Crippen LogP contribution in [0.5, 0.6) is 0 Å². The van der Waals surface area contributed by atoms with E-state index in [1.807, 2.05) is 0 Å². The Kier molecular flexibility index (Phi) is 3.38. The van der Waals surface area contributed by atoms with Crippen LogP contribution in [0.1, 0.15) is 41.3 Å². The van der Waals surface area contributed by atoms with Crippen molar-refractivity contribution in [2.75, 3.05) is 5.32 Å². The third kappa shape index (κ3) is 2.78. The molecular weight excluding hydrogens is 270 g/mol. The van der Waals surface area contributed by atoms with Crippen molar-refractivity contribution in [3.05, 3.63) is 45.9 Å². The Bertz CT molecular complexity index is 640. The first-order chi connectivity index (χ1) is 9.52. The lowest BCUT2D eigenvalue weighted by Crippen LogP contribution is -2.02. The Morgan fingerprint density at radius 2 is 1.70 bits per heavy atom. The summed E-state index contributed by atoms with van der Waals surface area (Å²) in [4.78, 5) is 8.90. The van der Waals surface area contributed by atoms with E-state index in [-0.39, 0.29) is 0 Å². The van der Waals surface area contributed by atoms with E-state index in [2.05, 4.69) is 48.2 Å². The lowest BCUT2D eigenvalue weighted by atomic mass is 10.1. The van der Waals surface area contributed by atoms with Crippen molar-refractivity contribution in [3.63, 3.8) is 0 Å². The van der Waals surface area contributed by atoms with Crippen LogP contribution in [0, 0.1) is 20.8 Å². The van der Waals surface area contributed by atoms with Gasteiger partial charge >= 0.3 is 0 Å². The number of aromatic nitrogens is 2. The van der Waals surface area contributed by atoms with Crippen LogP contribution in [-0.4, -0.2) is 9.97 Å². The smallest absolute Gasteiger partial charge is 0.135 e. The van der Waals surface area contributed by atoms with E-state index in [1.54, 1.807) is 6.07 Å². The standard InChI is InChI=1S/C16H18ClN3/c1-9-6-10(2)15(11(3)7-9)19-14-8-13(17)18-16(20-14)12-4-5-12/h6-8,12H,4-5H2,1-3H3,(H,18,19,20). The number of benzene rings is 1. The lowest BCUT2D eigenvalue weighted by Gasteiger charge is -2.14. The van der Waals surface area contributed by atoms with E-state index >= 15 is 0 Å². The molecule has 3 nitrogen and oxygen atoms in total. The summed E-state index contributed by atoms with van der Waals surface area (Å²) < 4.78 is 0.